The number of carbonyl (C=O) groups excluding carboxylic acids is 2. The minimum atomic E-state index is -1.08. The number of amides is 1. The highest BCUT2D eigenvalue weighted by molar-refractivity contribution is 5.87. The standard InChI is InChI=1S/C47H89N5O5/c1-3-5-7-9-11-13-15-17-19-21-23-25-27-29-31-33-36-41(35-32-30-28-26-24-22-20-18-16-14-12-10-8-6-4-2)57-46(56)43(38-39-44(53)54)52-45(55)42(48)37-34-40-51-47(49)50/h17-20,41-43H,3-16,21-40,48H2,1-2H3,(H,52,55)(H,53,54)(H4,49,50,51)/b19-17-,20-18-. The average Bonchev–Trinajstić information content (AvgIpc) is 3.18. The van der Waals surface area contributed by atoms with Crippen molar-refractivity contribution in [1.82, 2.24) is 10.6 Å². The van der Waals surface area contributed by atoms with E-state index in [1.54, 1.807) is 0 Å². The van der Waals surface area contributed by atoms with Gasteiger partial charge in [0.2, 0.25) is 5.91 Å². The van der Waals surface area contributed by atoms with Gasteiger partial charge in [-0.15, -0.1) is 0 Å². The third-order valence-electron chi connectivity index (χ3n) is 10.7. The lowest BCUT2D eigenvalue weighted by Gasteiger charge is -2.24. The molecule has 0 radical (unpaired) electrons. The molecule has 0 spiro atoms. The van der Waals surface area contributed by atoms with Crippen LogP contribution in [0.4, 0.5) is 0 Å². The van der Waals surface area contributed by atoms with Crippen molar-refractivity contribution in [2.75, 3.05) is 6.54 Å². The Morgan fingerprint density at radius 1 is 0.596 bits per heavy atom. The Morgan fingerprint density at radius 3 is 1.40 bits per heavy atom. The molecule has 10 heteroatoms. The zero-order valence-corrected chi connectivity index (χ0v) is 36.8. The number of ether oxygens (including phenoxy) is 1. The molecule has 1 amide bonds. The van der Waals surface area contributed by atoms with Crippen LogP contribution in [-0.2, 0) is 19.1 Å². The summed E-state index contributed by atoms with van der Waals surface area (Å²) in [5.41, 5.74) is 11.4. The summed E-state index contributed by atoms with van der Waals surface area (Å²) in [6, 6.07) is -1.96. The molecule has 10 nitrogen and oxygen atoms in total. The summed E-state index contributed by atoms with van der Waals surface area (Å²) in [7, 11) is 0. The van der Waals surface area contributed by atoms with Crippen molar-refractivity contribution in [3.63, 3.8) is 0 Å². The SMILES string of the molecule is CCCCCCCC/C=C\CCCCCCCCC(CCCCCCC/C=C\CCCCCCCC)OC(=O)C(CCC(=O)O)NC(=O)C(N)CCCNC(=N)N. The van der Waals surface area contributed by atoms with Gasteiger partial charge in [0, 0.05) is 13.0 Å². The number of carbonyl (C=O) groups is 3. The zero-order valence-electron chi connectivity index (χ0n) is 36.8. The number of aliphatic carboxylic acids is 1. The maximum atomic E-state index is 13.5. The molecular formula is C47H89N5O5. The number of rotatable bonds is 42. The van der Waals surface area contributed by atoms with Crippen molar-refractivity contribution < 1.29 is 24.2 Å². The topological polar surface area (TPSA) is 181 Å². The lowest BCUT2D eigenvalue weighted by Crippen LogP contribution is -2.49. The Kier molecular flexibility index (Phi) is 39.2. The molecule has 0 saturated carbocycles. The fraction of sp³-hybridized carbons (Fsp3) is 0.830. The monoisotopic (exact) mass is 804 g/mol. The van der Waals surface area contributed by atoms with Crippen molar-refractivity contribution in [1.29, 1.82) is 5.41 Å². The third kappa shape index (κ3) is 38.4. The van der Waals surface area contributed by atoms with E-state index in [1.807, 2.05) is 0 Å². The molecule has 8 N–H and O–H groups in total. The molecule has 57 heavy (non-hydrogen) atoms. The van der Waals surface area contributed by atoms with Gasteiger partial charge in [-0.1, -0.05) is 147 Å². The minimum Gasteiger partial charge on any atom is -0.481 e. The maximum absolute atomic E-state index is 13.5. The van der Waals surface area contributed by atoms with E-state index >= 15 is 0 Å². The van der Waals surface area contributed by atoms with Gasteiger partial charge in [-0.3, -0.25) is 15.0 Å². The van der Waals surface area contributed by atoms with Crippen LogP contribution in [0.2, 0.25) is 0 Å². The van der Waals surface area contributed by atoms with Crippen molar-refractivity contribution >= 4 is 23.8 Å². The Labute approximate surface area is 349 Å². The summed E-state index contributed by atoms with van der Waals surface area (Å²) in [5.74, 6) is -2.31. The second-order valence-electron chi connectivity index (χ2n) is 16.2. The molecule has 0 aromatic carbocycles. The Hall–Kier alpha value is -2.88. The van der Waals surface area contributed by atoms with Crippen LogP contribution in [0.5, 0.6) is 0 Å². The van der Waals surface area contributed by atoms with Crippen LogP contribution in [0, 0.1) is 5.41 Å². The smallest absolute Gasteiger partial charge is 0.328 e. The first kappa shape index (κ1) is 54.1. The van der Waals surface area contributed by atoms with Gasteiger partial charge in [-0.05, 0) is 96.3 Å². The maximum Gasteiger partial charge on any atom is 0.328 e. The first-order chi connectivity index (χ1) is 27.7. The van der Waals surface area contributed by atoms with E-state index in [2.05, 4.69) is 48.8 Å². The number of carboxylic acids is 1. The van der Waals surface area contributed by atoms with Gasteiger partial charge in [0.25, 0.3) is 0 Å². The fourth-order valence-corrected chi connectivity index (χ4v) is 7.04. The van der Waals surface area contributed by atoms with Gasteiger partial charge >= 0.3 is 11.9 Å². The van der Waals surface area contributed by atoms with Gasteiger partial charge in [0.15, 0.2) is 5.96 Å². The molecule has 0 rings (SSSR count). The highest BCUT2D eigenvalue weighted by Gasteiger charge is 2.27. The number of hydrogen-bond acceptors (Lipinski definition) is 6. The van der Waals surface area contributed by atoms with E-state index in [1.165, 1.54) is 122 Å². The normalized spacial score (nSPS) is 13.2. The number of nitrogens with two attached hydrogens (primary N) is 2. The number of unbranched alkanes of at least 4 members (excludes halogenated alkanes) is 23. The van der Waals surface area contributed by atoms with E-state index in [4.69, 9.17) is 21.6 Å². The minimum absolute atomic E-state index is 0.0626. The Bertz CT molecular complexity index is 1040. The molecule has 3 atom stereocenters. The molecule has 0 saturated heterocycles. The summed E-state index contributed by atoms with van der Waals surface area (Å²) in [6.07, 6.45) is 44.4. The molecule has 0 aliphatic heterocycles. The van der Waals surface area contributed by atoms with E-state index in [-0.39, 0.29) is 24.9 Å². The highest BCUT2D eigenvalue weighted by atomic mass is 16.5. The molecular weight excluding hydrogens is 715 g/mol. The number of hydrogen-bond donors (Lipinski definition) is 6. The molecule has 332 valence electrons. The summed E-state index contributed by atoms with van der Waals surface area (Å²) in [6.45, 7) is 4.91. The van der Waals surface area contributed by atoms with Crippen LogP contribution in [0.3, 0.4) is 0 Å². The van der Waals surface area contributed by atoms with Crippen LogP contribution < -0.4 is 22.1 Å². The molecule has 0 bridgehead atoms. The van der Waals surface area contributed by atoms with Crippen LogP contribution in [0.25, 0.3) is 0 Å². The summed E-state index contributed by atoms with van der Waals surface area (Å²) in [5, 5.41) is 21.9. The molecule has 0 aliphatic carbocycles. The molecule has 0 aliphatic rings. The van der Waals surface area contributed by atoms with E-state index in [9.17, 15) is 19.5 Å². The quantitative estimate of drug-likeness (QED) is 0.0116. The molecule has 0 aromatic rings. The van der Waals surface area contributed by atoms with Crippen LogP contribution in [-0.4, -0.2) is 53.6 Å². The summed E-state index contributed by atoms with van der Waals surface area (Å²) >= 11 is 0. The largest absolute Gasteiger partial charge is 0.481 e. The Morgan fingerprint density at radius 2 is 1.00 bits per heavy atom. The number of guanidine groups is 1. The molecule has 3 unspecified atom stereocenters. The number of carboxylic acid groups (broad SMARTS) is 1. The van der Waals surface area contributed by atoms with Crippen LogP contribution in [0.1, 0.15) is 226 Å². The van der Waals surface area contributed by atoms with Crippen molar-refractivity contribution in [3.8, 4) is 0 Å². The van der Waals surface area contributed by atoms with Crippen LogP contribution in [0.15, 0.2) is 24.3 Å². The predicted molar refractivity (Wildman–Crippen MR) is 239 cm³/mol. The van der Waals surface area contributed by atoms with Gasteiger partial charge in [-0.2, -0.15) is 0 Å². The number of esters is 1. The van der Waals surface area contributed by atoms with Crippen LogP contribution >= 0.6 is 0 Å². The van der Waals surface area contributed by atoms with E-state index in [0.29, 0.717) is 19.4 Å². The van der Waals surface area contributed by atoms with Gasteiger partial charge in [0.1, 0.15) is 12.1 Å². The second-order valence-corrected chi connectivity index (χ2v) is 16.2. The second kappa shape index (κ2) is 41.3. The van der Waals surface area contributed by atoms with Crippen molar-refractivity contribution in [2.45, 2.75) is 244 Å². The first-order valence-corrected chi connectivity index (χ1v) is 23.6. The first-order valence-electron chi connectivity index (χ1n) is 23.6. The number of nitrogens with one attached hydrogen (secondary N) is 3. The lowest BCUT2D eigenvalue weighted by atomic mass is 10.0. The summed E-state index contributed by atoms with van der Waals surface area (Å²) < 4.78 is 6.04. The molecule has 0 aromatic heterocycles. The zero-order chi connectivity index (χ0) is 42.0. The number of allylic oxidation sites excluding steroid dienone is 4. The predicted octanol–water partition coefficient (Wildman–Crippen LogP) is 11.3. The third-order valence-corrected chi connectivity index (χ3v) is 10.7. The van der Waals surface area contributed by atoms with Crippen molar-refractivity contribution in [2.24, 2.45) is 11.5 Å². The van der Waals surface area contributed by atoms with E-state index in [0.717, 1.165) is 64.2 Å². The van der Waals surface area contributed by atoms with Gasteiger partial charge in [0.05, 0.1) is 6.04 Å². The molecule has 0 heterocycles. The Balaban J connectivity index is 4.84. The average molecular weight is 804 g/mol. The summed E-state index contributed by atoms with van der Waals surface area (Å²) in [4.78, 5) is 37.8. The van der Waals surface area contributed by atoms with Crippen molar-refractivity contribution in [3.05, 3.63) is 24.3 Å². The highest BCUT2D eigenvalue weighted by Crippen LogP contribution is 2.19. The molecule has 0 fully saturated rings. The fourth-order valence-electron chi connectivity index (χ4n) is 7.04. The van der Waals surface area contributed by atoms with E-state index < -0.39 is 29.9 Å². The lowest BCUT2D eigenvalue weighted by molar-refractivity contribution is -0.154. The van der Waals surface area contributed by atoms with Gasteiger partial charge < -0.3 is 31.9 Å². The van der Waals surface area contributed by atoms with Gasteiger partial charge in [-0.25, -0.2) is 4.79 Å².